The van der Waals surface area contributed by atoms with Gasteiger partial charge in [-0.15, -0.1) is 0 Å². The molecule has 0 unspecified atom stereocenters. The molecule has 0 spiro atoms. The smallest absolute Gasteiger partial charge is 0.243 e. The van der Waals surface area contributed by atoms with Gasteiger partial charge in [0.15, 0.2) is 0 Å². The van der Waals surface area contributed by atoms with Crippen molar-refractivity contribution in [3.05, 3.63) is 60.7 Å². The molecular formula is C18H17N5O3. The molecular weight excluding hydrogens is 334 g/mol. The highest BCUT2D eigenvalue weighted by Gasteiger charge is 2.11. The minimum Gasteiger partial charge on any atom is -0.347 e. The summed E-state index contributed by atoms with van der Waals surface area (Å²) in [4.78, 5) is 31.9. The number of pyridine rings is 1. The summed E-state index contributed by atoms with van der Waals surface area (Å²) in [7, 11) is 0. The molecule has 0 aliphatic heterocycles. The number of rotatable bonds is 7. The van der Waals surface area contributed by atoms with Gasteiger partial charge in [-0.1, -0.05) is 23.4 Å². The van der Waals surface area contributed by atoms with Gasteiger partial charge in [-0.3, -0.25) is 14.6 Å². The first-order valence-corrected chi connectivity index (χ1v) is 8.05. The molecule has 0 aliphatic carbocycles. The maximum atomic E-state index is 11.9. The van der Waals surface area contributed by atoms with Crippen LogP contribution in [-0.2, 0) is 16.0 Å². The van der Waals surface area contributed by atoms with E-state index < -0.39 is 0 Å². The van der Waals surface area contributed by atoms with E-state index in [0.717, 1.165) is 5.56 Å². The van der Waals surface area contributed by atoms with Crippen molar-refractivity contribution in [3.8, 4) is 11.4 Å². The number of amides is 2. The molecule has 0 aliphatic rings. The lowest BCUT2D eigenvalue weighted by Gasteiger charge is -2.06. The number of hydrogen-bond acceptors (Lipinski definition) is 6. The molecule has 0 fully saturated rings. The number of hydrogen-bond donors (Lipinski definition) is 2. The molecule has 2 amide bonds. The van der Waals surface area contributed by atoms with Crippen molar-refractivity contribution in [2.24, 2.45) is 0 Å². The van der Waals surface area contributed by atoms with E-state index in [4.69, 9.17) is 4.52 Å². The third kappa shape index (κ3) is 4.97. The Kier molecular flexibility index (Phi) is 5.66. The first kappa shape index (κ1) is 17.3. The van der Waals surface area contributed by atoms with Crippen molar-refractivity contribution in [2.45, 2.75) is 12.8 Å². The third-order valence-corrected chi connectivity index (χ3v) is 3.46. The fourth-order valence-corrected chi connectivity index (χ4v) is 2.18. The third-order valence-electron chi connectivity index (χ3n) is 3.46. The summed E-state index contributed by atoms with van der Waals surface area (Å²) in [6, 6.07) is 12.6. The van der Waals surface area contributed by atoms with Crippen molar-refractivity contribution in [3.63, 3.8) is 0 Å². The van der Waals surface area contributed by atoms with E-state index in [2.05, 4.69) is 25.8 Å². The standard InChI is InChI=1S/C18H17N5O3/c24-15(20-12-16(25)21-14-6-2-1-3-7-14)8-9-17-22-18(23-26-17)13-5-4-10-19-11-13/h1-7,10-11H,8-9,12H2,(H,20,24)(H,21,25). The number of carbonyl (C=O) groups is 2. The maximum Gasteiger partial charge on any atom is 0.243 e. The van der Waals surface area contributed by atoms with Gasteiger partial charge in [0.25, 0.3) is 0 Å². The van der Waals surface area contributed by atoms with Gasteiger partial charge in [-0.25, -0.2) is 0 Å². The zero-order valence-electron chi connectivity index (χ0n) is 13.9. The highest BCUT2D eigenvalue weighted by molar-refractivity contribution is 5.94. The van der Waals surface area contributed by atoms with Gasteiger partial charge in [0, 0.05) is 36.5 Å². The van der Waals surface area contributed by atoms with Gasteiger partial charge in [0.1, 0.15) is 0 Å². The second-order valence-corrected chi connectivity index (χ2v) is 5.44. The van der Waals surface area contributed by atoms with Crippen LogP contribution in [-0.4, -0.2) is 33.5 Å². The molecule has 0 radical (unpaired) electrons. The zero-order valence-corrected chi connectivity index (χ0v) is 13.9. The number of nitrogens with zero attached hydrogens (tertiary/aromatic N) is 3. The van der Waals surface area contributed by atoms with Crippen molar-refractivity contribution < 1.29 is 14.1 Å². The first-order chi connectivity index (χ1) is 12.7. The Hall–Kier alpha value is -3.55. The van der Waals surface area contributed by atoms with E-state index in [1.54, 1.807) is 30.6 Å². The number of carbonyl (C=O) groups excluding carboxylic acids is 2. The fourth-order valence-electron chi connectivity index (χ4n) is 2.18. The van der Waals surface area contributed by atoms with Gasteiger partial charge in [0.05, 0.1) is 6.54 Å². The summed E-state index contributed by atoms with van der Waals surface area (Å²) in [6.45, 7) is -0.0987. The van der Waals surface area contributed by atoms with Crippen LogP contribution in [0.3, 0.4) is 0 Å². The highest BCUT2D eigenvalue weighted by atomic mass is 16.5. The minimum atomic E-state index is -0.291. The number of aryl methyl sites for hydroxylation is 1. The number of para-hydroxylation sites is 1. The van der Waals surface area contributed by atoms with Crippen LogP contribution in [0.4, 0.5) is 5.69 Å². The van der Waals surface area contributed by atoms with Crippen LogP contribution in [0.1, 0.15) is 12.3 Å². The number of aromatic nitrogens is 3. The molecule has 132 valence electrons. The van der Waals surface area contributed by atoms with E-state index in [0.29, 0.717) is 23.8 Å². The molecule has 2 N–H and O–H groups in total. The molecule has 8 heteroatoms. The second kappa shape index (κ2) is 8.52. The van der Waals surface area contributed by atoms with Crippen LogP contribution in [0.2, 0.25) is 0 Å². The average molecular weight is 351 g/mol. The van der Waals surface area contributed by atoms with Gasteiger partial charge >= 0.3 is 0 Å². The van der Waals surface area contributed by atoms with Gasteiger partial charge in [0.2, 0.25) is 23.5 Å². The summed E-state index contributed by atoms with van der Waals surface area (Å²) in [5.74, 6) is 0.221. The molecule has 0 bridgehead atoms. The number of anilines is 1. The van der Waals surface area contributed by atoms with Crippen LogP contribution in [0.15, 0.2) is 59.4 Å². The van der Waals surface area contributed by atoms with Crippen LogP contribution in [0, 0.1) is 0 Å². The quantitative estimate of drug-likeness (QED) is 0.672. The maximum absolute atomic E-state index is 11.9. The Morgan fingerprint density at radius 1 is 1.04 bits per heavy atom. The summed E-state index contributed by atoms with van der Waals surface area (Å²) >= 11 is 0. The van der Waals surface area contributed by atoms with Crippen molar-refractivity contribution in [1.82, 2.24) is 20.4 Å². The molecule has 0 saturated heterocycles. The summed E-state index contributed by atoms with van der Waals surface area (Å²) in [5.41, 5.74) is 1.42. The zero-order chi connectivity index (χ0) is 18.2. The van der Waals surface area contributed by atoms with E-state index in [1.807, 2.05) is 24.3 Å². The summed E-state index contributed by atoms with van der Waals surface area (Å²) in [5, 5.41) is 9.12. The molecule has 26 heavy (non-hydrogen) atoms. The predicted octanol–water partition coefficient (Wildman–Crippen LogP) is 1.82. The van der Waals surface area contributed by atoms with Crippen molar-refractivity contribution in [1.29, 1.82) is 0 Å². The molecule has 0 atom stereocenters. The van der Waals surface area contributed by atoms with Gasteiger partial charge in [-0.05, 0) is 24.3 Å². The van der Waals surface area contributed by atoms with Crippen LogP contribution in [0.25, 0.3) is 11.4 Å². The molecule has 3 aromatic rings. The first-order valence-electron chi connectivity index (χ1n) is 8.05. The topological polar surface area (TPSA) is 110 Å². The Morgan fingerprint density at radius 2 is 1.88 bits per heavy atom. The average Bonchev–Trinajstić information content (AvgIpc) is 3.15. The Morgan fingerprint density at radius 3 is 2.65 bits per heavy atom. The molecule has 3 rings (SSSR count). The normalized spacial score (nSPS) is 10.3. The van der Waals surface area contributed by atoms with Gasteiger partial charge in [-0.2, -0.15) is 4.98 Å². The van der Waals surface area contributed by atoms with Crippen LogP contribution < -0.4 is 10.6 Å². The van der Waals surface area contributed by atoms with Crippen LogP contribution >= 0.6 is 0 Å². The number of nitrogens with one attached hydrogen (secondary N) is 2. The summed E-state index contributed by atoms with van der Waals surface area (Å²) < 4.78 is 5.13. The molecule has 2 aromatic heterocycles. The Labute approximate surface area is 149 Å². The lowest BCUT2D eigenvalue weighted by Crippen LogP contribution is -2.32. The Bertz CT molecular complexity index is 865. The van der Waals surface area contributed by atoms with E-state index in [-0.39, 0.29) is 24.8 Å². The SMILES string of the molecule is O=C(CCc1nc(-c2cccnc2)no1)NCC(=O)Nc1ccccc1. The highest BCUT2D eigenvalue weighted by Crippen LogP contribution is 2.14. The number of benzene rings is 1. The fraction of sp³-hybridized carbons (Fsp3) is 0.167. The Balaban J connectivity index is 1.42. The van der Waals surface area contributed by atoms with Gasteiger partial charge < -0.3 is 15.2 Å². The minimum absolute atomic E-state index is 0.0987. The van der Waals surface area contributed by atoms with Crippen molar-refractivity contribution in [2.75, 3.05) is 11.9 Å². The van der Waals surface area contributed by atoms with Crippen LogP contribution in [0.5, 0.6) is 0 Å². The largest absolute Gasteiger partial charge is 0.347 e. The van der Waals surface area contributed by atoms with E-state index >= 15 is 0 Å². The predicted molar refractivity (Wildman–Crippen MR) is 93.9 cm³/mol. The monoisotopic (exact) mass is 351 g/mol. The van der Waals surface area contributed by atoms with E-state index in [9.17, 15) is 9.59 Å². The molecule has 8 nitrogen and oxygen atoms in total. The lowest BCUT2D eigenvalue weighted by molar-refractivity contribution is -0.124. The summed E-state index contributed by atoms with van der Waals surface area (Å²) in [6.07, 6.45) is 3.72. The lowest BCUT2D eigenvalue weighted by atomic mass is 10.2. The molecule has 1 aromatic carbocycles. The second-order valence-electron chi connectivity index (χ2n) is 5.44. The van der Waals surface area contributed by atoms with Crippen molar-refractivity contribution >= 4 is 17.5 Å². The molecule has 2 heterocycles. The molecule has 0 saturated carbocycles. The van der Waals surface area contributed by atoms with E-state index in [1.165, 1.54) is 0 Å².